The van der Waals surface area contributed by atoms with Crippen LogP contribution < -0.4 is 0 Å². The Morgan fingerprint density at radius 1 is 1.30 bits per heavy atom. The molecule has 0 saturated carbocycles. The number of rotatable bonds is 9. The summed E-state index contributed by atoms with van der Waals surface area (Å²) in [6, 6.07) is 11.8. The zero-order chi connectivity index (χ0) is 16.5. The molecule has 0 aliphatic heterocycles. The highest BCUT2D eigenvalue weighted by atomic mass is 79.9. The Labute approximate surface area is 149 Å². The summed E-state index contributed by atoms with van der Waals surface area (Å²) in [6.07, 6.45) is 2.11. The summed E-state index contributed by atoms with van der Waals surface area (Å²) in [5.74, 6) is 1.65. The maximum Gasteiger partial charge on any atom is 0.223 e. The van der Waals surface area contributed by atoms with Crippen LogP contribution in [0.1, 0.15) is 12.2 Å². The Bertz CT molecular complexity index is 586. The van der Waals surface area contributed by atoms with Crippen LogP contribution in [0.5, 0.6) is 0 Å². The van der Waals surface area contributed by atoms with Crippen molar-refractivity contribution in [1.82, 2.24) is 4.90 Å². The van der Waals surface area contributed by atoms with Crippen molar-refractivity contribution in [2.24, 2.45) is 0 Å². The van der Waals surface area contributed by atoms with Crippen LogP contribution in [0.15, 0.2) is 56.4 Å². The molecule has 2 aromatic rings. The van der Waals surface area contributed by atoms with Crippen molar-refractivity contribution < 1.29 is 13.9 Å². The molecule has 0 bridgehead atoms. The molecule has 6 heteroatoms. The molecule has 0 atom stereocenters. The molecule has 0 aliphatic rings. The Kier molecular flexibility index (Phi) is 7.71. The SMILES string of the molecule is COCCN(Cc1ccco1)C(=O)CCSc1ccc(Br)cc1. The van der Waals surface area contributed by atoms with Crippen LogP contribution >= 0.6 is 27.7 Å². The number of thioether (sulfide) groups is 1. The maximum absolute atomic E-state index is 12.4. The minimum Gasteiger partial charge on any atom is -0.467 e. The molecule has 0 spiro atoms. The van der Waals surface area contributed by atoms with E-state index in [4.69, 9.17) is 9.15 Å². The fraction of sp³-hybridized carbons (Fsp3) is 0.353. The fourth-order valence-corrected chi connectivity index (χ4v) is 3.13. The normalized spacial score (nSPS) is 10.7. The third-order valence-electron chi connectivity index (χ3n) is 3.24. The molecule has 0 radical (unpaired) electrons. The van der Waals surface area contributed by atoms with E-state index in [9.17, 15) is 4.79 Å². The van der Waals surface area contributed by atoms with E-state index in [1.807, 2.05) is 36.4 Å². The van der Waals surface area contributed by atoms with E-state index in [-0.39, 0.29) is 5.91 Å². The second-order valence-corrected chi connectivity index (χ2v) is 7.02. The Balaban J connectivity index is 1.82. The first-order valence-electron chi connectivity index (χ1n) is 7.36. The second kappa shape index (κ2) is 9.80. The molecular weight excluding hydrogens is 378 g/mol. The Hall–Kier alpha value is -1.24. The first kappa shape index (κ1) is 18.1. The van der Waals surface area contributed by atoms with Crippen molar-refractivity contribution in [3.05, 3.63) is 52.9 Å². The van der Waals surface area contributed by atoms with E-state index in [0.717, 1.165) is 20.9 Å². The van der Waals surface area contributed by atoms with Crippen molar-refractivity contribution in [2.75, 3.05) is 26.0 Å². The average molecular weight is 398 g/mol. The second-order valence-electron chi connectivity index (χ2n) is 4.94. The number of benzene rings is 1. The predicted molar refractivity (Wildman–Crippen MR) is 95.5 cm³/mol. The highest BCUT2D eigenvalue weighted by molar-refractivity contribution is 9.10. The van der Waals surface area contributed by atoms with Gasteiger partial charge in [0.05, 0.1) is 19.4 Å². The summed E-state index contributed by atoms with van der Waals surface area (Å²) in [5.41, 5.74) is 0. The molecule has 23 heavy (non-hydrogen) atoms. The molecule has 4 nitrogen and oxygen atoms in total. The van der Waals surface area contributed by atoms with Gasteiger partial charge in [0.15, 0.2) is 0 Å². The van der Waals surface area contributed by atoms with Crippen LogP contribution in [0.25, 0.3) is 0 Å². The highest BCUT2D eigenvalue weighted by Crippen LogP contribution is 2.21. The van der Waals surface area contributed by atoms with Crippen LogP contribution in [0.3, 0.4) is 0 Å². The summed E-state index contributed by atoms with van der Waals surface area (Å²) < 4.78 is 11.5. The topological polar surface area (TPSA) is 42.7 Å². The molecule has 0 aliphatic carbocycles. The van der Waals surface area contributed by atoms with Crippen LogP contribution in [0.4, 0.5) is 0 Å². The van der Waals surface area contributed by atoms with Gasteiger partial charge in [0.1, 0.15) is 5.76 Å². The smallest absolute Gasteiger partial charge is 0.223 e. The third kappa shape index (κ3) is 6.41. The standard InChI is InChI=1S/C17H20BrNO3S/c1-21-11-9-19(13-15-3-2-10-22-15)17(20)8-12-23-16-6-4-14(18)5-7-16/h2-7,10H,8-9,11-13H2,1H3. The van der Waals surface area contributed by atoms with Crippen molar-refractivity contribution in [3.63, 3.8) is 0 Å². The van der Waals surface area contributed by atoms with Gasteiger partial charge in [-0.25, -0.2) is 0 Å². The van der Waals surface area contributed by atoms with Gasteiger partial charge in [0, 0.05) is 35.2 Å². The molecule has 0 N–H and O–H groups in total. The van der Waals surface area contributed by atoms with Gasteiger partial charge in [0.2, 0.25) is 5.91 Å². The van der Waals surface area contributed by atoms with Crippen molar-refractivity contribution in [3.8, 4) is 0 Å². The summed E-state index contributed by atoms with van der Waals surface area (Å²) in [5, 5.41) is 0. The summed E-state index contributed by atoms with van der Waals surface area (Å²) in [6.45, 7) is 1.57. The number of halogens is 1. The Morgan fingerprint density at radius 3 is 2.74 bits per heavy atom. The molecule has 0 saturated heterocycles. The molecule has 124 valence electrons. The lowest BCUT2D eigenvalue weighted by Crippen LogP contribution is -2.33. The van der Waals surface area contributed by atoms with Crippen molar-refractivity contribution in [1.29, 1.82) is 0 Å². The van der Waals surface area contributed by atoms with Crippen molar-refractivity contribution in [2.45, 2.75) is 17.9 Å². The predicted octanol–water partition coefficient (Wildman–Crippen LogP) is 4.20. The molecule has 0 fully saturated rings. The third-order valence-corrected chi connectivity index (χ3v) is 4.79. The Morgan fingerprint density at radius 2 is 2.09 bits per heavy atom. The zero-order valence-corrected chi connectivity index (χ0v) is 15.4. The first-order chi connectivity index (χ1) is 11.2. The number of methoxy groups -OCH3 is 1. The zero-order valence-electron chi connectivity index (χ0n) is 13.0. The first-order valence-corrected chi connectivity index (χ1v) is 9.14. The lowest BCUT2D eigenvalue weighted by molar-refractivity contribution is -0.132. The van der Waals surface area contributed by atoms with Gasteiger partial charge < -0.3 is 14.1 Å². The number of amides is 1. The summed E-state index contributed by atoms with van der Waals surface area (Å²) >= 11 is 5.10. The lowest BCUT2D eigenvalue weighted by Gasteiger charge is -2.21. The van der Waals surface area contributed by atoms with E-state index in [2.05, 4.69) is 15.9 Å². The van der Waals surface area contributed by atoms with Crippen LogP contribution in [-0.4, -0.2) is 36.8 Å². The van der Waals surface area contributed by atoms with Crippen LogP contribution in [-0.2, 0) is 16.1 Å². The van der Waals surface area contributed by atoms with E-state index < -0.39 is 0 Å². The van der Waals surface area contributed by atoms with Gasteiger partial charge in [-0.2, -0.15) is 0 Å². The number of nitrogens with zero attached hydrogens (tertiary/aromatic N) is 1. The largest absolute Gasteiger partial charge is 0.467 e. The van der Waals surface area contributed by atoms with Gasteiger partial charge in [-0.3, -0.25) is 4.79 Å². The highest BCUT2D eigenvalue weighted by Gasteiger charge is 2.15. The van der Waals surface area contributed by atoms with Crippen LogP contribution in [0, 0.1) is 0 Å². The molecule has 1 aromatic carbocycles. The molecule has 0 unspecified atom stereocenters. The molecule has 2 rings (SSSR count). The van der Waals surface area contributed by atoms with Gasteiger partial charge in [-0.05, 0) is 36.4 Å². The van der Waals surface area contributed by atoms with E-state index in [1.165, 1.54) is 0 Å². The van der Waals surface area contributed by atoms with Crippen LogP contribution in [0.2, 0.25) is 0 Å². The van der Waals surface area contributed by atoms with E-state index in [1.54, 1.807) is 30.0 Å². The van der Waals surface area contributed by atoms with E-state index in [0.29, 0.717) is 26.1 Å². The number of hydrogen-bond acceptors (Lipinski definition) is 4. The quantitative estimate of drug-likeness (QED) is 0.594. The number of carbonyl (C=O) groups is 1. The number of furan rings is 1. The molecule has 1 aromatic heterocycles. The van der Waals surface area contributed by atoms with Gasteiger partial charge in [0.25, 0.3) is 0 Å². The summed E-state index contributed by atoms with van der Waals surface area (Å²) in [7, 11) is 1.64. The van der Waals surface area contributed by atoms with E-state index >= 15 is 0 Å². The number of ether oxygens (including phenoxy) is 1. The molecular formula is C17H20BrNO3S. The van der Waals surface area contributed by atoms with Crippen molar-refractivity contribution >= 4 is 33.6 Å². The lowest BCUT2D eigenvalue weighted by atomic mass is 10.3. The average Bonchev–Trinajstić information content (AvgIpc) is 3.06. The minimum atomic E-state index is 0.114. The monoisotopic (exact) mass is 397 g/mol. The summed E-state index contributed by atoms with van der Waals surface area (Å²) in [4.78, 5) is 15.4. The minimum absolute atomic E-state index is 0.114. The molecule has 1 amide bonds. The fourth-order valence-electron chi connectivity index (χ4n) is 2.03. The van der Waals surface area contributed by atoms with Gasteiger partial charge in [-0.1, -0.05) is 15.9 Å². The number of carbonyl (C=O) groups excluding carboxylic acids is 1. The molecule has 1 heterocycles. The van der Waals surface area contributed by atoms with Gasteiger partial charge >= 0.3 is 0 Å². The van der Waals surface area contributed by atoms with Gasteiger partial charge in [-0.15, -0.1) is 11.8 Å². The maximum atomic E-state index is 12.4. The number of hydrogen-bond donors (Lipinski definition) is 0.